The van der Waals surface area contributed by atoms with Crippen LogP contribution in [0.3, 0.4) is 0 Å². The number of fused-ring (bicyclic) bond motifs is 2. The van der Waals surface area contributed by atoms with Gasteiger partial charge in [0.2, 0.25) is 0 Å². The van der Waals surface area contributed by atoms with E-state index >= 15 is 0 Å². The number of nitrogens with zero attached hydrogens (tertiary/aromatic N) is 1. The molecule has 2 aliphatic rings. The molecule has 0 radical (unpaired) electrons. The number of amides is 2. The molecule has 0 spiro atoms. The molecule has 1 aliphatic carbocycles. The molecule has 0 aromatic heterocycles. The highest BCUT2D eigenvalue weighted by molar-refractivity contribution is 6.39. The third-order valence-electron chi connectivity index (χ3n) is 6.94. The van der Waals surface area contributed by atoms with Crippen LogP contribution in [0.2, 0.25) is 0 Å². The van der Waals surface area contributed by atoms with E-state index in [4.69, 9.17) is 0 Å². The van der Waals surface area contributed by atoms with Crippen molar-refractivity contribution >= 4 is 29.1 Å². The van der Waals surface area contributed by atoms with Crippen molar-refractivity contribution in [1.82, 2.24) is 0 Å². The predicted octanol–water partition coefficient (Wildman–Crippen LogP) is 7.73. The first-order valence-electron chi connectivity index (χ1n) is 11.8. The standard InChI is InChI=1S/C27H9F12NO4/c28-24(29,30)10-3-1-9(2-4-10)13-20(41)14-15(21(13)42)19(27(37,38)39)17-16(18(14)26(34,35)36)22(43)40(23(17)44)12-7-5-11(6-8-12)25(31,32)33/h1-8,13H. The fourth-order valence-corrected chi connectivity index (χ4v) is 5.16. The van der Waals surface area contributed by atoms with Crippen LogP contribution in [0.5, 0.6) is 0 Å². The zero-order valence-electron chi connectivity index (χ0n) is 20.8. The number of halogens is 12. The van der Waals surface area contributed by atoms with Crippen LogP contribution >= 0.6 is 0 Å². The van der Waals surface area contributed by atoms with Crippen molar-refractivity contribution in [2.75, 3.05) is 4.90 Å². The molecular formula is C27H9F12NO4. The number of ketones is 2. The summed E-state index contributed by atoms with van der Waals surface area (Å²) in [6.07, 6.45) is -21.6. The Morgan fingerprint density at radius 2 is 0.795 bits per heavy atom. The summed E-state index contributed by atoms with van der Waals surface area (Å²) in [5, 5.41) is 0. The highest BCUT2D eigenvalue weighted by atomic mass is 19.4. The Bertz CT molecular complexity index is 1580. The first-order valence-corrected chi connectivity index (χ1v) is 11.8. The average Bonchev–Trinajstić information content (AvgIpc) is 3.29. The number of hydrogen-bond donors (Lipinski definition) is 0. The minimum Gasteiger partial charge on any atom is -0.293 e. The van der Waals surface area contributed by atoms with Gasteiger partial charge in [0.05, 0.1) is 39.1 Å². The average molecular weight is 639 g/mol. The van der Waals surface area contributed by atoms with Gasteiger partial charge in [-0.2, -0.15) is 52.7 Å². The molecule has 0 saturated heterocycles. The first kappa shape index (κ1) is 30.7. The molecule has 5 nitrogen and oxygen atoms in total. The van der Waals surface area contributed by atoms with E-state index in [1.54, 1.807) is 0 Å². The second-order valence-electron chi connectivity index (χ2n) is 9.52. The van der Waals surface area contributed by atoms with E-state index in [2.05, 4.69) is 0 Å². The number of hydrogen-bond acceptors (Lipinski definition) is 4. The van der Waals surface area contributed by atoms with Gasteiger partial charge in [0, 0.05) is 11.1 Å². The summed E-state index contributed by atoms with van der Waals surface area (Å²) in [5.74, 6) is -10.5. The molecule has 0 N–H and O–H groups in total. The van der Waals surface area contributed by atoms with Gasteiger partial charge in [-0.3, -0.25) is 19.2 Å². The molecular weight excluding hydrogens is 630 g/mol. The van der Waals surface area contributed by atoms with Gasteiger partial charge in [-0.15, -0.1) is 0 Å². The summed E-state index contributed by atoms with van der Waals surface area (Å²) in [7, 11) is 0. The van der Waals surface area contributed by atoms with Crippen molar-refractivity contribution in [1.29, 1.82) is 0 Å². The minimum absolute atomic E-state index is 0.257. The van der Waals surface area contributed by atoms with E-state index < -0.39 is 110 Å². The van der Waals surface area contributed by atoms with Gasteiger partial charge in [0.25, 0.3) is 11.8 Å². The molecule has 1 aliphatic heterocycles. The fraction of sp³-hybridized carbons (Fsp3) is 0.185. The van der Waals surface area contributed by atoms with E-state index in [1.165, 1.54) is 0 Å². The van der Waals surface area contributed by atoms with Crippen molar-refractivity contribution in [3.8, 4) is 0 Å². The largest absolute Gasteiger partial charge is 0.417 e. The van der Waals surface area contributed by atoms with Crippen LogP contribution in [0, 0.1) is 0 Å². The van der Waals surface area contributed by atoms with Crippen molar-refractivity contribution < 1.29 is 71.9 Å². The Kier molecular flexibility index (Phi) is 6.57. The second kappa shape index (κ2) is 9.40. The van der Waals surface area contributed by atoms with Crippen LogP contribution in [0.4, 0.5) is 58.4 Å². The number of carbonyl (C=O) groups excluding carboxylic acids is 4. The lowest BCUT2D eigenvalue weighted by atomic mass is 9.87. The molecule has 44 heavy (non-hydrogen) atoms. The number of alkyl halides is 12. The normalized spacial score (nSPS) is 16.2. The highest BCUT2D eigenvalue weighted by Crippen LogP contribution is 2.52. The Balaban J connectivity index is 1.77. The molecule has 1 heterocycles. The Morgan fingerprint density at radius 1 is 0.455 bits per heavy atom. The van der Waals surface area contributed by atoms with Gasteiger partial charge in [0.1, 0.15) is 5.92 Å². The summed E-state index contributed by atoms with van der Waals surface area (Å²) in [6, 6.07) is 3.17. The quantitative estimate of drug-likeness (QED) is 0.164. The fourth-order valence-electron chi connectivity index (χ4n) is 5.16. The third-order valence-corrected chi connectivity index (χ3v) is 6.94. The van der Waals surface area contributed by atoms with Crippen molar-refractivity contribution in [3.05, 3.63) is 98.6 Å². The topological polar surface area (TPSA) is 71.5 Å². The maximum Gasteiger partial charge on any atom is 0.417 e. The molecule has 3 aromatic rings. The van der Waals surface area contributed by atoms with Crippen molar-refractivity contribution in [2.45, 2.75) is 30.6 Å². The van der Waals surface area contributed by atoms with Gasteiger partial charge in [-0.05, 0) is 42.0 Å². The summed E-state index contributed by atoms with van der Waals surface area (Å²) >= 11 is 0. The molecule has 0 saturated carbocycles. The Labute approximate surface area is 235 Å². The summed E-state index contributed by atoms with van der Waals surface area (Å²) in [6.45, 7) is 0. The monoisotopic (exact) mass is 639 g/mol. The van der Waals surface area contributed by atoms with Crippen LogP contribution in [-0.4, -0.2) is 23.4 Å². The molecule has 2 amide bonds. The van der Waals surface area contributed by atoms with Gasteiger partial charge in [0.15, 0.2) is 11.6 Å². The summed E-state index contributed by atoms with van der Waals surface area (Å²) in [4.78, 5) is 52.7. The smallest absolute Gasteiger partial charge is 0.293 e. The third kappa shape index (κ3) is 4.61. The number of anilines is 1. The number of rotatable bonds is 2. The van der Waals surface area contributed by atoms with E-state index in [9.17, 15) is 71.9 Å². The summed E-state index contributed by atoms with van der Waals surface area (Å²) in [5.41, 5.74) is -16.8. The number of benzene rings is 3. The van der Waals surface area contributed by atoms with Gasteiger partial charge < -0.3 is 0 Å². The molecule has 230 valence electrons. The first-order chi connectivity index (χ1) is 20.1. The maximum absolute atomic E-state index is 14.5. The van der Waals surface area contributed by atoms with Crippen LogP contribution in [0.1, 0.15) is 75.2 Å². The van der Waals surface area contributed by atoms with Crippen LogP contribution < -0.4 is 4.90 Å². The zero-order chi connectivity index (χ0) is 32.9. The van der Waals surface area contributed by atoms with Gasteiger partial charge >= 0.3 is 24.7 Å². The van der Waals surface area contributed by atoms with Gasteiger partial charge in [-0.1, -0.05) is 12.1 Å². The van der Waals surface area contributed by atoms with E-state index in [0.717, 1.165) is 0 Å². The zero-order valence-corrected chi connectivity index (χ0v) is 20.8. The van der Waals surface area contributed by atoms with Crippen LogP contribution in [0.15, 0.2) is 48.5 Å². The van der Waals surface area contributed by atoms with Crippen molar-refractivity contribution in [2.24, 2.45) is 0 Å². The molecule has 0 unspecified atom stereocenters. The molecule has 0 fully saturated rings. The number of carbonyl (C=O) groups is 4. The lowest BCUT2D eigenvalue weighted by Gasteiger charge is -2.19. The number of imide groups is 1. The predicted molar refractivity (Wildman–Crippen MR) is 122 cm³/mol. The van der Waals surface area contributed by atoms with Gasteiger partial charge in [-0.25, -0.2) is 4.90 Å². The van der Waals surface area contributed by atoms with Crippen LogP contribution in [0.25, 0.3) is 0 Å². The van der Waals surface area contributed by atoms with E-state index in [-0.39, 0.29) is 4.90 Å². The second-order valence-corrected chi connectivity index (χ2v) is 9.52. The number of Topliss-reactive ketones (excluding diaryl/α,β-unsaturated/α-hetero) is 2. The molecule has 0 atom stereocenters. The minimum atomic E-state index is -5.87. The SMILES string of the molecule is O=C1c2c(c(C(F)(F)F)c3c(c2C(F)(F)F)C(=O)N(c2ccc(C(F)(F)F)cc2)C3=O)C(=O)C1c1ccc(C(F)(F)F)cc1. The molecule has 3 aromatic carbocycles. The van der Waals surface area contributed by atoms with Crippen LogP contribution in [-0.2, 0) is 24.7 Å². The highest BCUT2D eigenvalue weighted by Gasteiger charge is 2.59. The summed E-state index contributed by atoms with van der Waals surface area (Å²) < 4.78 is 165. The van der Waals surface area contributed by atoms with E-state index in [1.807, 2.05) is 0 Å². The Hall–Kier alpha value is -4.70. The van der Waals surface area contributed by atoms with E-state index in [0.29, 0.717) is 48.5 Å². The lowest BCUT2D eigenvalue weighted by molar-refractivity contribution is -0.142. The maximum atomic E-state index is 14.5. The Morgan fingerprint density at radius 3 is 1.11 bits per heavy atom. The van der Waals surface area contributed by atoms with Crippen molar-refractivity contribution in [3.63, 3.8) is 0 Å². The lowest BCUT2D eigenvalue weighted by Crippen LogP contribution is -2.30. The molecule has 17 heteroatoms. The molecule has 0 bridgehead atoms. The molecule has 5 rings (SSSR count).